The van der Waals surface area contributed by atoms with Gasteiger partial charge in [0.1, 0.15) is 17.2 Å². The van der Waals surface area contributed by atoms with Crippen LogP contribution in [0.15, 0.2) is 35.0 Å². The number of benzene rings is 1. The Morgan fingerprint density at radius 1 is 1.33 bits per heavy atom. The quantitative estimate of drug-likeness (QED) is 0.921. The summed E-state index contributed by atoms with van der Waals surface area (Å²) in [4.78, 5) is 26.4. The third-order valence-corrected chi connectivity index (χ3v) is 5.06. The zero-order valence-corrected chi connectivity index (χ0v) is 13.8. The normalized spacial score (nSPS) is 19.7. The molecule has 1 aromatic heterocycles. The number of hydrogen-bond acceptors (Lipinski definition) is 3. The summed E-state index contributed by atoms with van der Waals surface area (Å²) in [6.45, 7) is 2.14. The fraction of sp³-hybridized carbons (Fsp3) is 0.294. The third kappa shape index (κ3) is 3.03. The number of amides is 2. The molecule has 1 unspecified atom stereocenters. The van der Waals surface area contributed by atoms with E-state index >= 15 is 0 Å². The highest BCUT2D eigenvalue weighted by molar-refractivity contribution is 7.08. The van der Waals surface area contributed by atoms with Gasteiger partial charge in [-0.1, -0.05) is 0 Å². The van der Waals surface area contributed by atoms with Gasteiger partial charge in [-0.3, -0.25) is 9.59 Å². The molecule has 2 amide bonds. The Hall–Kier alpha value is -2.28. The summed E-state index contributed by atoms with van der Waals surface area (Å²) in [6.07, 6.45) is 0.730. The maximum atomic E-state index is 13.7. The molecule has 1 saturated heterocycles. The minimum atomic E-state index is -1.02. The third-order valence-electron chi connectivity index (χ3n) is 4.32. The van der Waals surface area contributed by atoms with Gasteiger partial charge in [-0.2, -0.15) is 11.3 Å². The Labute approximate surface area is 142 Å². The van der Waals surface area contributed by atoms with Crippen molar-refractivity contribution in [2.45, 2.75) is 25.3 Å². The molecule has 4 nitrogen and oxygen atoms in total. The smallest absolute Gasteiger partial charge is 0.250 e. The molecule has 2 heterocycles. The Bertz CT molecular complexity index is 779. The fourth-order valence-electron chi connectivity index (χ4n) is 2.71. The molecule has 1 atom stereocenters. The van der Waals surface area contributed by atoms with E-state index in [0.29, 0.717) is 19.0 Å². The van der Waals surface area contributed by atoms with Crippen molar-refractivity contribution in [3.63, 3.8) is 0 Å². The number of nitrogens with one attached hydrogen (secondary N) is 1. The van der Waals surface area contributed by atoms with Gasteiger partial charge in [-0.05, 0) is 47.9 Å². The molecule has 24 heavy (non-hydrogen) atoms. The van der Waals surface area contributed by atoms with E-state index in [2.05, 4.69) is 5.32 Å². The molecule has 1 N–H and O–H groups in total. The zero-order valence-electron chi connectivity index (χ0n) is 13.0. The van der Waals surface area contributed by atoms with E-state index in [1.807, 2.05) is 16.8 Å². The Morgan fingerprint density at radius 2 is 2.12 bits per heavy atom. The van der Waals surface area contributed by atoms with Gasteiger partial charge in [0.05, 0.1) is 12.1 Å². The van der Waals surface area contributed by atoms with Crippen molar-refractivity contribution in [1.29, 1.82) is 0 Å². The lowest BCUT2D eigenvalue weighted by atomic mass is 9.85. The van der Waals surface area contributed by atoms with E-state index < -0.39 is 23.1 Å². The molecule has 0 spiro atoms. The minimum Gasteiger partial charge on any atom is -0.328 e. The second-order valence-corrected chi connectivity index (χ2v) is 6.74. The van der Waals surface area contributed by atoms with E-state index in [1.165, 1.54) is 22.3 Å². The van der Waals surface area contributed by atoms with Gasteiger partial charge < -0.3 is 10.2 Å². The predicted octanol–water partition coefficient (Wildman–Crippen LogP) is 3.20. The number of carbonyl (C=O) groups excluding carboxylic acids is 2. The molecule has 1 aliphatic heterocycles. The number of thiophene rings is 1. The topological polar surface area (TPSA) is 49.4 Å². The molecular weight excluding hydrogens is 334 g/mol. The van der Waals surface area contributed by atoms with Crippen LogP contribution in [-0.4, -0.2) is 28.8 Å². The molecule has 2 aromatic rings. The van der Waals surface area contributed by atoms with E-state index in [4.69, 9.17) is 0 Å². The van der Waals surface area contributed by atoms with Gasteiger partial charge in [0.2, 0.25) is 11.8 Å². The largest absolute Gasteiger partial charge is 0.328 e. The number of nitrogens with zero attached hydrogens (tertiary/aromatic N) is 1. The summed E-state index contributed by atoms with van der Waals surface area (Å²) < 4.78 is 26.6. The molecule has 0 saturated carbocycles. The first-order chi connectivity index (χ1) is 11.4. The summed E-state index contributed by atoms with van der Waals surface area (Å²) in [6, 6.07) is 4.81. The average Bonchev–Trinajstić information content (AvgIpc) is 3.00. The highest BCUT2D eigenvalue weighted by atomic mass is 32.1. The predicted molar refractivity (Wildman–Crippen MR) is 87.7 cm³/mol. The molecule has 126 valence electrons. The molecule has 7 heteroatoms. The molecule has 0 radical (unpaired) electrons. The number of halogens is 2. The highest BCUT2D eigenvalue weighted by Crippen LogP contribution is 2.33. The van der Waals surface area contributed by atoms with Crippen molar-refractivity contribution < 1.29 is 18.4 Å². The molecular formula is C17H16F2N2O2S. The zero-order chi connectivity index (χ0) is 17.3. The molecule has 3 rings (SSSR count). The van der Waals surface area contributed by atoms with Gasteiger partial charge >= 0.3 is 0 Å². The lowest BCUT2D eigenvalue weighted by Crippen LogP contribution is -2.66. The van der Waals surface area contributed by atoms with Crippen molar-refractivity contribution in [2.75, 3.05) is 11.9 Å². The molecule has 1 aliphatic rings. The van der Waals surface area contributed by atoms with Crippen molar-refractivity contribution >= 4 is 28.8 Å². The summed E-state index contributed by atoms with van der Waals surface area (Å²) in [5.74, 6) is -2.18. The first-order valence-corrected chi connectivity index (χ1v) is 8.42. The van der Waals surface area contributed by atoms with Gasteiger partial charge in [0, 0.05) is 12.6 Å². The number of rotatable bonds is 4. The van der Waals surface area contributed by atoms with Gasteiger partial charge in [0.25, 0.3) is 0 Å². The van der Waals surface area contributed by atoms with Crippen LogP contribution >= 0.6 is 11.3 Å². The standard InChI is InChI=1S/C17H16F2N2O2S/c1-17(16(23)20-14-3-2-12(18)9-13(14)19)5-6-21(17)15(22)8-11-4-7-24-10-11/h2-4,7,9-10H,5-6,8H2,1H3,(H,20,23). The number of anilines is 1. The number of carbonyl (C=O) groups is 2. The Balaban J connectivity index is 1.70. The number of likely N-dealkylation sites (tertiary alicyclic amines) is 1. The molecule has 1 aromatic carbocycles. The second kappa shape index (κ2) is 6.32. The van der Waals surface area contributed by atoms with Gasteiger partial charge in [0.15, 0.2) is 0 Å². The molecule has 0 bridgehead atoms. The van der Waals surface area contributed by atoms with Crippen LogP contribution in [0.5, 0.6) is 0 Å². The Kier molecular flexibility index (Phi) is 4.36. The Morgan fingerprint density at radius 3 is 2.71 bits per heavy atom. The highest BCUT2D eigenvalue weighted by Gasteiger charge is 2.49. The molecule has 0 aliphatic carbocycles. The van der Waals surface area contributed by atoms with E-state index in [0.717, 1.165) is 11.6 Å². The SMILES string of the molecule is CC1(C(=O)Nc2ccc(F)cc2F)CCN1C(=O)Cc1ccsc1. The summed E-state index contributed by atoms with van der Waals surface area (Å²) in [5.41, 5.74) is -0.211. The monoisotopic (exact) mass is 350 g/mol. The summed E-state index contributed by atoms with van der Waals surface area (Å²) in [7, 11) is 0. The summed E-state index contributed by atoms with van der Waals surface area (Å²) >= 11 is 1.51. The maximum Gasteiger partial charge on any atom is 0.250 e. The van der Waals surface area contributed by atoms with Crippen LogP contribution in [-0.2, 0) is 16.0 Å². The van der Waals surface area contributed by atoms with Crippen molar-refractivity contribution in [1.82, 2.24) is 4.90 Å². The fourth-order valence-corrected chi connectivity index (χ4v) is 3.37. The van der Waals surface area contributed by atoms with Crippen LogP contribution in [0.3, 0.4) is 0 Å². The van der Waals surface area contributed by atoms with Crippen LogP contribution in [0.25, 0.3) is 0 Å². The molecule has 1 fully saturated rings. The van der Waals surface area contributed by atoms with E-state index in [1.54, 1.807) is 6.92 Å². The maximum absolute atomic E-state index is 13.7. The lowest BCUT2D eigenvalue weighted by molar-refractivity contribution is -0.154. The first-order valence-electron chi connectivity index (χ1n) is 7.48. The summed E-state index contributed by atoms with van der Waals surface area (Å²) in [5, 5.41) is 6.23. The minimum absolute atomic E-state index is 0.0974. The van der Waals surface area contributed by atoms with Crippen molar-refractivity contribution in [3.05, 3.63) is 52.2 Å². The van der Waals surface area contributed by atoms with Crippen molar-refractivity contribution in [3.8, 4) is 0 Å². The lowest BCUT2D eigenvalue weighted by Gasteiger charge is -2.49. The van der Waals surface area contributed by atoms with Crippen LogP contribution in [0.2, 0.25) is 0 Å². The van der Waals surface area contributed by atoms with Crippen LogP contribution in [0.1, 0.15) is 18.9 Å². The van der Waals surface area contributed by atoms with E-state index in [-0.39, 0.29) is 18.0 Å². The van der Waals surface area contributed by atoms with Gasteiger partial charge in [-0.25, -0.2) is 8.78 Å². The first kappa shape index (κ1) is 16.6. The van der Waals surface area contributed by atoms with Crippen LogP contribution in [0.4, 0.5) is 14.5 Å². The van der Waals surface area contributed by atoms with Gasteiger partial charge in [-0.15, -0.1) is 0 Å². The van der Waals surface area contributed by atoms with Crippen LogP contribution < -0.4 is 5.32 Å². The van der Waals surface area contributed by atoms with E-state index in [9.17, 15) is 18.4 Å². The average molecular weight is 350 g/mol. The van der Waals surface area contributed by atoms with Crippen molar-refractivity contribution in [2.24, 2.45) is 0 Å². The number of hydrogen-bond donors (Lipinski definition) is 1. The van der Waals surface area contributed by atoms with Crippen LogP contribution in [0, 0.1) is 11.6 Å². The second-order valence-electron chi connectivity index (χ2n) is 5.96.